The highest BCUT2D eigenvalue weighted by Gasteiger charge is 2.18. The number of hydrogen-bond acceptors (Lipinski definition) is 4. The van der Waals surface area contributed by atoms with Crippen LogP contribution >= 0.6 is 0 Å². The van der Waals surface area contributed by atoms with Crippen LogP contribution in [0.25, 0.3) is 11.4 Å². The van der Waals surface area contributed by atoms with Gasteiger partial charge in [0, 0.05) is 24.2 Å². The zero-order valence-corrected chi connectivity index (χ0v) is 13.7. The first-order valence-electron chi connectivity index (χ1n) is 8.36. The number of hydrogen-bond donors (Lipinski definition) is 2. The maximum Gasteiger partial charge on any atom is 0.270 e. The predicted octanol–water partition coefficient (Wildman–Crippen LogP) is 3.41. The van der Waals surface area contributed by atoms with Crippen LogP contribution in [0.2, 0.25) is 0 Å². The van der Waals surface area contributed by atoms with Crippen LogP contribution in [0.15, 0.2) is 49.1 Å². The Labute approximate surface area is 142 Å². The number of carbonyl (C=O) groups excluding carboxylic acids is 1. The average molecular weight is 322 g/mol. The molecule has 0 saturated heterocycles. The lowest BCUT2D eigenvalue weighted by molar-refractivity contribution is 0.0953. The average Bonchev–Trinajstić information content (AvgIpc) is 3.13. The first-order valence-corrected chi connectivity index (χ1v) is 8.36. The molecule has 2 N–H and O–H groups in total. The zero-order valence-electron chi connectivity index (χ0n) is 13.7. The quantitative estimate of drug-likeness (QED) is 0.800. The van der Waals surface area contributed by atoms with Gasteiger partial charge in [-0.2, -0.15) is 0 Å². The molecule has 3 rings (SSSR count). The molecule has 0 unspecified atom stereocenters. The van der Waals surface area contributed by atoms with E-state index in [2.05, 4.69) is 27.2 Å². The maximum atomic E-state index is 12.3. The van der Waals surface area contributed by atoms with E-state index < -0.39 is 0 Å². The predicted molar refractivity (Wildman–Crippen MR) is 95.9 cm³/mol. The Balaban J connectivity index is 1.92. The van der Waals surface area contributed by atoms with Crippen LogP contribution in [0, 0.1) is 0 Å². The summed E-state index contributed by atoms with van der Waals surface area (Å²) in [6, 6.07) is 11.9. The van der Waals surface area contributed by atoms with Gasteiger partial charge in [0.05, 0.1) is 0 Å². The van der Waals surface area contributed by atoms with E-state index in [1.54, 1.807) is 12.1 Å². The van der Waals surface area contributed by atoms with Gasteiger partial charge in [-0.25, -0.2) is 9.97 Å². The van der Waals surface area contributed by atoms with Gasteiger partial charge in [-0.05, 0) is 12.8 Å². The lowest BCUT2D eigenvalue weighted by Gasteiger charge is -2.14. The van der Waals surface area contributed by atoms with Crippen molar-refractivity contribution in [3.8, 4) is 11.4 Å². The summed E-state index contributed by atoms with van der Waals surface area (Å²) in [7, 11) is 0. The second kappa shape index (κ2) is 7.73. The van der Waals surface area contributed by atoms with Crippen LogP contribution in [0.1, 0.15) is 36.2 Å². The molecule has 5 nitrogen and oxygen atoms in total. The first-order chi connectivity index (χ1) is 11.8. The van der Waals surface area contributed by atoms with Gasteiger partial charge in [0.15, 0.2) is 5.82 Å². The second-order valence-corrected chi connectivity index (χ2v) is 5.95. The molecule has 0 bridgehead atoms. The number of nitrogens with zero attached hydrogens (tertiary/aromatic N) is 2. The molecule has 0 aliphatic heterocycles. The molecule has 0 radical (unpaired) electrons. The molecule has 1 heterocycles. The smallest absolute Gasteiger partial charge is 0.270 e. The molecule has 1 aliphatic carbocycles. The lowest BCUT2D eigenvalue weighted by atomic mass is 10.2. The van der Waals surface area contributed by atoms with Crippen LogP contribution in [-0.4, -0.2) is 28.5 Å². The van der Waals surface area contributed by atoms with Gasteiger partial charge in [0.25, 0.3) is 5.91 Å². The SMILES string of the molecule is C=CCNC(=O)c1cc(NC2CCCC2)nc(-c2ccccc2)n1. The van der Waals surface area contributed by atoms with Crippen molar-refractivity contribution in [3.05, 3.63) is 54.7 Å². The third-order valence-corrected chi connectivity index (χ3v) is 4.10. The lowest BCUT2D eigenvalue weighted by Crippen LogP contribution is -2.25. The Morgan fingerprint density at radius 1 is 1.21 bits per heavy atom. The van der Waals surface area contributed by atoms with Crippen molar-refractivity contribution in [2.24, 2.45) is 0 Å². The number of nitrogens with one attached hydrogen (secondary N) is 2. The fraction of sp³-hybridized carbons (Fsp3) is 0.316. The van der Waals surface area contributed by atoms with E-state index in [0.29, 0.717) is 29.9 Å². The van der Waals surface area contributed by atoms with Crippen molar-refractivity contribution in [3.63, 3.8) is 0 Å². The topological polar surface area (TPSA) is 66.9 Å². The first kappa shape index (κ1) is 16.2. The van der Waals surface area contributed by atoms with E-state index in [1.807, 2.05) is 30.3 Å². The molecule has 1 fully saturated rings. The molecule has 1 aromatic heterocycles. The summed E-state index contributed by atoms with van der Waals surface area (Å²) in [5, 5.41) is 6.22. The Kier molecular flexibility index (Phi) is 5.21. The van der Waals surface area contributed by atoms with Crippen molar-refractivity contribution in [2.45, 2.75) is 31.7 Å². The number of anilines is 1. The molecular weight excluding hydrogens is 300 g/mol. The number of benzene rings is 1. The van der Waals surface area contributed by atoms with Gasteiger partial charge < -0.3 is 10.6 Å². The molecule has 1 aromatic carbocycles. The van der Waals surface area contributed by atoms with Crippen LogP contribution in [-0.2, 0) is 0 Å². The van der Waals surface area contributed by atoms with E-state index in [0.717, 1.165) is 18.4 Å². The minimum absolute atomic E-state index is 0.219. The summed E-state index contributed by atoms with van der Waals surface area (Å²) >= 11 is 0. The Morgan fingerprint density at radius 2 is 1.96 bits per heavy atom. The monoisotopic (exact) mass is 322 g/mol. The zero-order chi connectivity index (χ0) is 16.8. The van der Waals surface area contributed by atoms with Gasteiger partial charge in [-0.1, -0.05) is 49.2 Å². The molecule has 5 heteroatoms. The van der Waals surface area contributed by atoms with E-state index >= 15 is 0 Å². The molecule has 24 heavy (non-hydrogen) atoms. The second-order valence-electron chi connectivity index (χ2n) is 5.95. The van der Waals surface area contributed by atoms with E-state index in [1.165, 1.54) is 12.8 Å². The standard InChI is InChI=1S/C19H22N4O/c1-2-12-20-19(24)16-13-17(21-15-10-6-7-11-15)23-18(22-16)14-8-4-3-5-9-14/h2-5,8-9,13,15H,1,6-7,10-12H2,(H,20,24)(H,21,22,23). The number of rotatable bonds is 6. The van der Waals surface area contributed by atoms with Gasteiger partial charge >= 0.3 is 0 Å². The van der Waals surface area contributed by atoms with Gasteiger partial charge in [0.2, 0.25) is 0 Å². The summed E-state index contributed by atoms with van der Waals surface area (Å²) in [6.45, 7) is 4.03. The molecular formula is C19H22N4O. The van der Waals surface area contributed by atoms with Gasteiger partial charge in [0.1, 0.15) is 11.5 Å². The Bertz CT molecular complexity index is 709. The van der Waals surface area contributed by atoms with E-state index in [4.69, 9.17) is 0 Å². The number of carbonyl (C=O) groups is 1. The largest absolute Gasteiger partial charge is 0.367 e. The van der Waals surface area contributed by atoms with Crippen LogP contribution in [0.5, 0.6) is 0 Å². The van der Waals surface area contributed by atoms with Crippen LogP contribution in [0.3, 0.4) is 0 Å². The van der Waals surface area contributed by atoms with E-state index in [9.17, 15) is 4.79 Å². The number of amides is 1. The third kappa shape index (κ3) is 3.98. The summed E-state index contributed by atoms with van der Waals surface area (Å²) in [6.07, 6.45) is 6.40. The van der Waals surface area contributed by atoms with Crippen molar-refractivity contribution in [1.29, 1.82) is 0 Å². The molecule has 1 amide bonds. The third-order valence-electron chi connectivity index (χ3n) is 4.10. The Morgan fingerprint density at radius 3 is 2.67 bits per heavy atom. The fourth-order valence-electron chi connectivity index (χ4n) is 2.89. The fourth-order valence-corrected chi connectivity index (χ4v) is 2.89. The van der Waals surface area contributed by atoms with Gasteiger partial charge in [-0.3, -0.25) is 4.79 Å². The van der Waals surface area contributed by atoms with Crippen molar-refractivity contribution >= 4 is 11.7 Å². The summed E-state index contributed by atoms with van der Waals surface area (Å²) in [5.74, 6) is 1.05. The van der Waals surface area contributed by atoms with Crippen molar-refractivity contribution in [2.75, 3.05) is 11.9 Å². The van der Waals surface area contributed by atoms with Gasteiger partial charge in [-0.15, -0.1) is 6.58 Å². The molecule has 1 saturated carbocycles. The highest BCUT2D eigenvalue weighted by Crippen LogP contribution is 2.23. The van der Waals surface area contributed by atoms with Crippen LogP contribution < -0.4 is 10.6 Å². The minimum atomic E-state index is -0.219. The molecule has 2 aromatic rings. The summed E-state index contributed by atoms with van der Waals surface area (Å²) in [4.78, 5) is 21.3. The Hall–Kier alpha value is -2.69. The van der Waals surface area contributed by atoms with Crippen molar-refractivity contribution < 1.29 is 4.79 Å². The summed E-state index contributed by atoms with van der Waals surface area (Å²) in [5.41, 5.74) is 1.26. The normalized spacial score (nSPS) is 14.3. The van der Waals surface area contributed by atoms with Crippen molar-refractivity contribution in [1.82, 2.24) is 15.3 Å². The highest BCUT2D eigenvalue weighted by atomic mass is 16.1. The molecule has 0 spiro atoms. The molecule has 1 aliphatic rings. The van der Waals surface area contributed by atoms with Crippen LogP contribution in [0.4, 0.5) is 5.82 Å². The molecule has 0 atom stereocenters. The minimum Gasteiger partial charge on any atom is -0.367 e. The van der Waals surface area contributed by atoms with E-state index in [-0.39, 0.29) is 5.91 Å². The maximum absolute atomic E-state index is 12.3. The summed E-state index contributed by atoms with van der Waals surface area (Å²) < 4.78 is 0. The molecule has 124 valence electrons. The highest BCUT2D eigenvalue weighted by molar-refractivity contribution is 5.93. The number of aromatic nitrogens is 2.